The third-order valence-corrected chi connectivity index (χ3v) is 5.33. The molecule has 0 saturated carbocycles. The van der Waals surface area contributed by atoms with E-state index in [1.807, 2.05) is 24.3 Å². The fourth-order valence-corrected chi connectivity index (χ4v) is 4.01. The highest BCUT2D eigenvalue weighted by molar-refractivity contribution is 5.75. The fourth-order valence-electron chi connectivity index (χ4n) is 4.01. The molecule has 0 fully saturated rings. The predicted molar refractivity (Wildman–Crippen MR) is 119 cm³/mol. The van der Waals surface area contributed by atoms with E-state index in [0.717, 1.165) is 29.4 Å². The lowest BCUT2D eigenvalue weighted by atomic mass is 9.80. The maximum Gasteiger partial charge on any atom is 0.139 e. The molecule has 3 heteroatoms. The Balaban J connectivity index is 1.98. The summed E-state index contributed by atoms with van der Waals surface area (Å²) in [6.07, 6.45) is 0. The van der Waals surface area contributed by atoms with Crippen molar-refractivity contribution in [3.8, 4) is 11.5 Å². The number of nitrogens with zero attached hydrogens (tertiary/aromatic N) is 1. The Kier molecular flexibility index (Phi) is 5.41. The van der Waals surface area contributed by atoms with Gasteiger partial charge in [0.1, 0.15) is 17.3 Å². The maximum atomic E-state index is 6.52. The lowest BCUT2D eigenvalue weighted by Crippen LogP contribution is -2.25. The van der Waals surface area contributed by atoms with E-state index in [1.54, 1.807) is 7.11 Å². The quantitative estimate of drug-likeness (QED) is 0.579. The average molecular weight is 386 g/mol. The summed E-state index contributed by atoms with van der Waals surface area (Å²) in [5.74, 6) is 2.74. The van der Waals surface area contributed by atoms with Gasteiger partial charge < -0.3 is 14.4 Å². The van der Waals surface area contributed by atoms with Gasteiger partial charge in [0.2, 0.25) is 0 Å². The summed E-state index contributed by atoms with van der Waals surface area (Å²) in [6.45, 7) is 2.92. The number of hydrogen-bond donors (Lipinski definition) is 0. The molecule has 1 unspecified atom stereocenters. The normalized spacial score (nSPS) is 15.8. The van der Waals surface area contributed by atoms with Crippen LogP contribution >= 0.6 is 0 Å². The van der Waals surface area contributed by atoms with Crippen LogP contribution < -0.4 is 9.47 Å². The first-order chi connectivity index (χ1) is 14.1. The molecule has 4 rings (SSSR count). The summed E-state index contributed by atoms with van der Waals surface area (Å²) in [7, 11) is 5.90. The minimum atomic E-state index is 0.128. The summed E-state index contributed by atoms with van der Waals surface area (Å²) in [6, 6.07) is 25.3. The molecule has 1 atom stereocenters. The first kappa shape index (κ1) is 19.3. The van der Waals surface area contributed by atoms with Crippen molar-refractivity contribution in [3.63, 3.8) is 0 Å². The first-order valence-corrected chi connectivity index (χ1v) is 9.93. The van der Waals surface area contributed by atoms with Crippen molar-refractivity contribution in [3.05, 3.63) is 101 Å². The van der Waals surface area contributed by atoms with E-state index < -0.39 is 0 Å². The second kappa shape index (κ2) is 8.14. The number of fused-ring (bicyclic) bond motifs is 1. The molecule has 0 aromatic heterocycles. The van der Waals surface area contributed by atoms with Gasteiger partial charge in [-0.15, -0.1) is 0 Å². The van der Waals surface area contributed by atoms with Crippen LogP contribution in [0.2, 0.25) is 0 Å². The van der Waals surface area contributed by atoms with E-state index in [2.05, 4.69) is 74.4 Å². The Morgan fingerprint density at radius 2 is 1.59 bits per heavy atom. The second-order valence-electron chi connectivity index (χ2n) is 7.78. The fraction of sp³-hybridized carbons (Fsp3) is 0.231. The molecule has 0 spiro atoms. The molecule has 1 aliphatic rings. The molecule has 3 nitrogen and oxygen atoms in total. The van der Waals surface area contributed by atoms with Gasteiger partial charge in [0.15, 0.2) is 0 Å². The number of hydrogen-bond acceptors (Lipinski definition) is 3. The number of aryl methyl sites for hydroxylation is 1. The molecule has 0 bridgehead atoms. The molecule has 3 aromatic rings. The van der Waals surface area contributed by atoms with Crippen LogP contribution in [0.25, 0.3) is 5.76 Å². The Hall–Kier alpha value is -3.04. The smallest absolute Gasteiger partial charge is 0.139 e. The zero-order valence-electron chi connectivity index (χ0n) is 17.5. The third-order valence-electron chi connectivity index (χ3n) is 5.33. The van der Waals surface area contributed by atoms with E-state index >= 15 is 0 Å². The molecule has 0 saturated heterocycles. The third kappa shape index (κ3) is 3.79. The van der Waals surface area contributed by atoms with Gasteiger partial charge in [-0.05, 0) is 50.4 Å². The maximum absolute atomic E-state index is 6.52. The van der Waals surface area contributed by atoms with Gasteiger partial charge in [-0.2, -0.15) is 0 Å². The van der Waals surface area contributed by atoms with Gasteiger partial charge in [-0.25, -0.2) is 0 Å². The molecule has 0 aliphatic carbocycles. The molecule has 0 radical (unpaired) electrons. The minimum absolute atomic E-state index is 0.128. The predicted octanol–water partition coefficient (Wildman–Crippen LogP) is 5.50. The van der Waals surface area contributed by atoms with Gasteiger partial charge >= 0.3 is 0 Å². The Morgan fingerprint density at radius 1 is 0.897 bits per heavy atom. The van der Waals surface area contributed by atoms with Crippen molar-refractivity contribution < 1.29 is 9.47 Å². The van der Waals surface area contributed by atoms with E-state index in [-0.39, 0.29) is 5.92 Å². The summed E-state index contributed by atoms with van der Waals surface area (Å²) < 4.78 is 12.2. The van der Waals surface area contributed by atoms with Crippen molar-refractivity contribution in [1.29, 1.82) is 0 Å². The van der Waals surface area contributed by atoms with Crippen LogP contribution in [0.15, 0.2) is 78.4 Å². The molecular formula is C26H27NO2. The molecule has 0 amide bonds. The minimum Gasteiger partial charge on any atom is -0.496 e. The van der Waals surface area contributed by atoms with Crippen molar-refractivity contribution in [1.82, 2.24) is 4.90 Å². The summed E-state index contributed by atoms with van der Waals surface area (Å²) in [5, 5.41) is 0. The summed E-state index contributed by atoms with van der Waals surface area (Å²) in [4.78, 5) is 2.20. The monoisotopic (exact) mass is 385 g/mol. The van der Waals surface area contributed by atoms with Crippen LogP contribution in [-0.2, 0) is 0 Å². The van der Waals surface area contributed by atoms with Gasteiger partial charge in [-0.1, -0.05) is 60.2 Å². The van der Waals surface area contributed by atoms with E-state index in [0.29, 0.717) is 0 Å². The lowest BCUT2D eigenvalue weighted by molar-refractivity contribution is 0.399. The molecular weight excluding hydrogens is 358 g/mol. The van der Waals surface area contributed by atoms with Crippen LogP contribution in [0.1, 0.15) is 28.2 Å². The Morgan fingerprint density at radius 3 is 2.31 bits per heavy atom. The van der Waals surface area contributed by atoms with Crippen molar-refractivity contribution in [2.45, 2.75) is 12.8 Å². The number of para-hydroxylation sites is 2. The average Bonchev–Trinajstić information content (AvgIpc) is 2.73. The van der Waals surface area contributed by atoms with Gasteiger partial charge in [0.05, 0.1) is 12.7 Å². The zero-order valence-corrected chi connectivity index (χ0v) is 17.5. The Labute approximate surface area is 173 Å². The number of benzene rings is 3. The number of rotatable bonds is 5. The summed E-state index contributed by atoms with van der Waals surface area (Å²) in [5.41, 5.74) is 5.96. The number of ether oxygens (including phenoxy) is 2. The molecule has 148 valence electrons. The van der Waals surface area contributed by atoms with Crippen molar-refractivity contribution in [2.75, 3.05) is 27.7 Å². The molecule has 0 N–H and O–H groups in total. The second-order valence-corrected chi connectivity index (χ2v) is 7.78. The van der Waals surface area contributed by atoms with Crippen molar-refractivity contribution in [2.24, 2.45) is 0 Å². The Bertz CT molecular complexity index is 1030. The van der Waals surface area contributed by atoms with E-state index in [4.69, 9.17) is 9.47 Å². The highest BCUT2D eigenvalue weighted by atomic mass is 16.5. The topological polar surface area (TPSA) is 21.7 Å². The van der Waals surface area contributed by atoms with Crippen LogP contribution in [-0.4, -0.2) is 32.6 Å². The molecule has 1 aliphatic heterocycles. The first-order valence-electron chi connectivity index (χ1n) is 9.93. The standard InChI is InChI=1S/C26H27NO2/c1-18-13-15-19(16-14-18)25-20-9-5-8-12-24(20)29-26(22(25)17-27(2)3)21-10-6-7-11-23(21)28-4/h5-16,25H,17H2,1-4H3. The molecule has 29 heavy (non-hydrogen) atoms. The molecule has 1 heterocycles. The van der Waals surface area contributed by atoms with Crippen LogP contribution in [0.4, 0.5) is 0 Å². The van der Waals surface area contributed by atoms with Crippen LogP contribution in [0.5, 0.6) is 11.5 Å². The number of methoxy groups -OCH3 is 1. The van der Waals surface area contributed by atoms with Gasteiger partial charge in [-0.3, -0.25) is 0 Å². The van der Waals surface area contributed by atoms with E-state index in [9.17, 15) is 0 Å². The largest absolute Gasteiger partial charge is 0.496 e. The van der Waals surface area contributed by atoms with Gasteiger partial charge in [0.25, 0.3) is 0 Å². The highest BCUT2D eigenvalue weighted by Gasteiger charge is 2.32. The highest BCUT2D eigenvalue weighted by Crippen LogP contribution is 2.47. The lowest BCUT2D eigenvalue weighted by Gasteiger charge is -2.33. The number of likely N-dealkylation sites (N-methyl/N-ethyl adjacent to an activating group) is 1. The van der Waals surface area contributed by atoms with Crippen LogP contribution in [0.3, 0.4) is 0 Å². The molecule has 3 aromatic carbocycles. The van der Waals surface area contributed by atoms with Crippen LogP contribution in [0, 0.1) is 6.92 Å². The zero-order chi connectivity index (χ0) is 20.4. The van der Waals surface area contributed by atoms with Gasteiger partial charge in [0, 0.05) is 18.0 Å². The van der Waals surface area contributed by atoms with Crippen molar-refractivity contribution >= 4 is 5.76 Å². The van der Waals surface area contributed by atoms with E-state index in [1.165, 1.54) is 22.3 Å². The SMILES string of the molecule is COc1ccccc1C1=C(CN(C)C)C(c2ccc(C)cc2)c2ccccc2O1. The summed E-state index contributed by atoms with van der Waals surface area (Å²) >= 11 is 0.